The molecule has 234 valence electrons. The predicted octanol–water partition coefficient (Wildman–Crippen LogP) is 6.27. The minimum atomic E-state index is -4.11. The Morgan fingerprint density at radius 2 is 1.51 bits per heavy atom. The lowest BCUT2D eigenvalue weighted by Crippen LogP contribution is -2.49. The van der Waals surface area contributed by atoms with Crippen LogP contribution in [0.2, 0.25) is 0 Å². The second-order valence-corrected chi connectivity index (χ2v) is 14.6. The zero-order valence-corrected chi connectivity index (χ0v) is 26.6. The first-order valence-corrected chi connectivity index (χ1v) is 17.4. The van der Waals surface area contributed by atoms with Crippen molar-refractivity contribution in [1.82, 2.24) is 18.3 Å². The average Bonchev–Trinajstić information content (AvgIpc) is 3.69. The summed E-state index contributed by atoms with van der Waals surface area (Å²) in [4.78, 5) is 30.3. The largest absolute Gasteiger partial charge is 0.465 e. The molecule has 0 aliphatic carbocycles. The van der Waals surface area contributed by atoms with Gasteiger partial charge in [0.05, 0.1) is 11.0 Å². The second kappa shape index (κ2) is 13.0. The average molecular weight is 645 g/mol. The van der Waals surface area contributed by atoms with Crippen molar-refractivity contribution in [3.8, 4) is 0 Å². The molecule has 3 heterocycles. The number of amides is 1. The van der Waals surface area contributed by atoms with Crippen LogP contribution < -0.4 is 5.69 Å². The lowest BCUT2D eigenvalue weighted by Gasteiger charge is -2.41. The third-order valence-corrected chi connectivity index (χ3v) is 11.8. The number of carboxylic acid groups (broad SMARTS) is 1. The maximum Gasteiger partial charge on any atom is 0.407 e. The number of hydrogen-bond acceptors (Lipinski definition) is 6. The fourth-order valence-electron chi connectivity index (χ4n) is 6.51. The predicted molar refractivity (Wildman–Crippen MR) is 176 cm³/mol. The van der Waals surface area contributed by atoms with Crippen LogP contribution in [0.1, 0.15) is 43.4 Å². The van der Waals surface area contributed by atoms with Crippen LogP contribution in [0.5, 0.6) is 0 Å². The number of rotatable bonds is 10. The third-order valence-electron chi connectivity index (χ3n) is 8.72. The third kappa shape index (κ3) is 6.33. The van der Waals surface area contributed by atoms with Crippen molar-refractivity contribution in [3.05, 3.63) is 124 Å². The lowest BCUT2D eigenvalue weighted by atomic mass is 9.92. The van der Waals surface area contributed by atoms with Gasteiger partial charge in [-0.05, 0) is 60.9 Å². The van der Waals surface area contributed by atoms with Crippen molar-refractivity contribution >= 4 is 38.5 Å². The summed E-state index contributed by atoms with van der Waals surface area (Å²) in [5.41, 5.74) is 2.56. The first-order chi connectivity index (χ1) is 21.7. The summed E-state index contributed by atoms with van der Waals surface area (Å²) in [6, 6.07) is 29.8. The number of piperidine rings is 1. The van der Waals surface area contributed by atoms with E-state index in [4.69, 9.17) is 0 Å². The van der Waals surface area contributed by atoms with Crippen LogP contribution in [0, 0.1) is 0 Å². The molecule has 1 saturated heterocycles. The smallest absolute Gasteiger partial charge is 0.407 e. The van der Waals surface area contributed by atoms with Gasteiger partial charge < -0.3 is 10.0 Å². The number of nitrogens with zero attached hydrogens (tertiary/aromatic N) is 4. The van der Waals surface area contributed by atoms with Crippen molar-refractivity contribution in [3.63, 3.8) is 0 Å². The molecule has 0 bridgehead atoms. The number of para-hydroxylation sites is 2. The summed E-state index contributed by atoms with van der Waals surface area (Å²) in [5.74, 6) is 0. The number of carbonyl (C=O) groups is 1. The van der Waals surface area contributed by atoms with E-state index >= 15 is 0 Å². The molecular formula is C34H36N4O5S2. The van der Waals surface area contributed by atoms with Gasteiger partial charge in [-0.1, -0.05) is 78.9 Å². The SMILES string of the molecule is CC(C[C@H]1CC(n2c(=O)n(S(=O)(=O)c3cccs3)c3ccccc32)CCN1C(=O)O)N(Cc1ccccc1)Cc1ccccc1. The standard InChI is InChI=1S/C34H36N4O5S2/c1-25(35(23-26-11-4-2-5-12-26)24-27-13-6-3-7-14-27)21-29-22-28(18-19-36(29)34(40)41)37-30-15-8-9-16-31(30)38(33(37)39)45(42,43)32-17-10-20-44-32/h2-17,20,25,28-29H,18-19,21-24H2,1H3,(H,40,41)/t25?,28?,29-/m0/s1. The zero-order chi connectivity index (χ0) is 31.6. The van der Waals surface area contributed by atoms with Gasteiger partial charge >= 0.3 is 11.8 Å². The van der Waals surface area contributed by atoms with Gasteiger partial charge in [-0.15, -0.1) is 11.3 Å². The first-order valence-electron chi connectivity index (χ1n) is 15.1. The summed E-state index contributed by atoms with van der Waals surface area (Å²) in [5, 5.41) is 11.9. The van der Waals surface area contributed by atoms with Crippen LogP contribution in [0.15, 0.2) is 111 Å². The van der Waals surface area contributed by atoms with Crippen LogP contribution in [0.25, 0.3) is 11.0 Å². The minimum Gasteiger partial charge on any atom is -0.465 e. The van der Waals surface area contributed by atoms with E-state index < -0.39 is 21.8 Å². The highest BCUT2D eigenvalue weighted by Gasteiger charge is 2.37. The Bertz CT molecular complexity index is 1880. The van der Waals surface area contributed by atoms with Gasteiger partial charge in [0.1, 0.15) is 4.21 Å². The van der Waals surface area contributed by atoms with Gasteiger partial charge in [0, 0.05) is 37.8 Å². The minimum absolute atomic E-state index is 0.00767. The van der Waals surface area contributed by atoms with Crippen LogP contribution in [-0.4, -0.2) is 56.6 Å². The lowest BCUT2D eigenvalue weighted by molar-refractivity contribution is 0.0687. The fourth-order valence-corrected chi connectivity index (χ4v) is 8.98. The number of likely N-dealkylation sites (tertiary alicyclic amines) is 1. The highest BCUT2D eigenvalue weighted by Crippen LogP contribution is 2.33. The Labute approximate surface area is 266 Å². The van der Waals surface area contributed by atoms with E-state index in [2.05, 4.69) is 36.1 Å². The van der Waals surface area contributed by atoms with Crippen molar-refractivity contribution in [2.45, 2.75) is 61.6 Å². The zero-order valence-electron chi connectivity index (χ0n) is 25.0. The highest BCUT2D eigenvalue weighted by molar-refractivity contribution is 7.92. The molecule has 1 aliphatic rings. The van der Waals surface area contributed by atoms with E-state index in [1.807, 2.05) is 36.4 Å². The quantitative estimate of drug-likeness (QED) is 0.192. The summed E-state index contributed by atoms with van der Waals surface area (Å²) < 4.78 is 29.8. The van der Waals surface area contributed by atoms with Gasteiger partial charge in [-0.3, -0.25) is 9.47 Å². The van der Waals surface area contributed by atoms with Crippen LogP contribution in [-0.2, 0) is 23.1 Å². The molecule has 0 radical (unpaired) electrons. The number of thiophene rings is 1. The molecule has 0 saturated carbocycles. The number of imidazole rings is 1. The van der Waals surface area contributed by atoms with Crippen LogP contribution in [0.3, 0.4) is 0 Å². The van der Waals surface area contributed by atoms with Gasteiger partial charge in [0.15, 0.2) is 0 Å². The number of aromatic nitrogens is 2. The van der Waals surface area contributed by atoms with Crippen molar-refractivity contribution < 1.29 is 18.3 Å². The van der Waals surface area contributed by atoms with E-state index in [-0.39, 0.29) is 28.9 Å². The number of fused-ring (bicyclic) bond motifs is 1. The molecule has 3 aromatic carbocycles. The topological polar surface area (TPSA) is 105 Å². The maximum atomic E-state index is 14.0. The Balaban J connectivity index is 1.32. The Morgan fingerprint density at radius 1 is 0.911 bits per heavy atom. The first kappa shape index (κ1) is 30.8. The summed E-state index contributed by atoms with van der Waals surface area (Å²) in [6.45, 7) is 3.78. The summed E-state index contributed by atoms with van der Waals surface area (Å²) in [6.07, 6.45) is 0.373. The van der Waals surface area contributed by atoms with E-state index in [1.165, 1.54) is 22.1 Å². The molecule has 9 nitrogen and oxygen atoms in total. The molecule has 3 atom stereocenters. The molecule has 0 spiro atoms. The van der Waals surface area contributed by atoms with E-state index in [0.717, 1.165) is 15.3 Å². The summed E-state index contributed by atoms with van der Waals surface area (Å²) >= 11 is 1.07. The Morgan fingerprint density at radius 3 is 2.09 bits per heavy atom. The van der Waals surface area contributed by atoms with Crippen LogP contribution in [0.4, 0.5) is 4.79 Å². The van der Waals surface area contributed by atoms with Crippen molar-refractivity contribution in [2.75, 3.05) is 6.54 Å². The van der Waals surface area contributed by atoms with Crippen LogP contribution >= 0.6 is 11.3 Å². The van der Waals surface area contributed by atoms with E-state index in [0.29, 0.717) is 43.4 Å². The van der Waals surface area contributed by atoms with Gasteiger partial charge in [-0.2, -0.15) is 12.4 Å². The number of benzene rings is 3. The molecule has 1 fully saturated rings. The van der Waals surface area contributed by atoms with Crippen molar-refractivity contribution in [2.24, 2.45) is 0 Å². The molecule has 11 heteroatoms. The normalized spacial score (nSPS) is 18.0. The fraction of sp³-hybridized carbons (Fsp3) is 0.294. The monoisotopic (exact) mass is 644 g/mol. The summed E-state index contributed by atoms with van der Waals surface area (Å²) in [7, 11) is -4.11. The highest BCUT2D eigenvalue weighted by atomic mass is 32.2. The molecule has 5 aromatic rings. The Hall–Kier alpha value is -4.19. The van der Waals surface area contributed by atoms with E-state index in [9.17, 15) is 23.1 Å². The molecule has 2 unspecified atom stereocenters. The maximum absolute atomic E-state index is 14.0. The molecule has 1 N–H and O–H groups in total. The molecule has 2 aromatic heterocycles. The van der Waals surface area contributed by atoms with E-state index in [1.54, 1.807) is 40.3 Å². The molecule has 6 rings (SSSR count). The van der Waals surface area contributed by atoms with Crippen molar-refractivity contribution in [1.29, 1.82) is 0 Å². The molecule has 1 amide bonds. The van der Waals surface area contributed by atoms with Gasteiger partial charge in [0.2, 0.25) is 0 Å². The van der Waals surface area contributed by atoms with Gasteiger partial charge in [-0.25, -0.2) is 9.59 Å². The molecule has 45 heavy (non-hydrogen) atoms. The molecule has 1 aliphatic heterocycles. The second-order valence-electron chi connectivity index (χ2n) is 11.6. The Kier molecular flexibility index (Phi) is 8.93. The molecular weight excluding hydrogens is 609 g/mol. The van der Waals surface area contributed by atoms with Gasteiger partial charge in [0.25, 0.3) is 10.0 Å². The number of hydrogen-bond donors (Lipinski definition) is 1.